The largest absolute Gasteiger partial charge is 0.483 e. The molecule has 0 saturated heterocycles. The maximum atomic E-state index is 12.9. The van der Waals surface area contributed by atoms with Crippen LogP contribution < -0.4 is 26.6 Å². The highest BCUT2D eigenvalue weighted by Crippen LogP contribution is 2.27. The average molecular weight is 417 g/mol. The van der Waals surface area contributed by atoms with E-state index in [4.69, 9.17) is 10.5 Å². The van der Waals surface area contributed by atoms with Crippen LogP contribution in [0, 0.1) is 6.92 Å². The van der Waals surface area contributed by atoms with E-state index in [1.807, 2.05) is 32.0 Å². The molecular formula is C22H32N4O4. The third-order valence-corrected chi connectivity index (χ3v) is 4.98. The second-order valence-electron chi connectivity index (χ2n) is 7.62. The van der Waals surface area contributed by atoms with E-state index in [1.54, 1.807) is 6.92 Å². The predicted octanol–water partition coefficient (Wildman–Crippen LogP) is 2.78. The molecule has 1 heterocycles. The van der Waals surface area contributed by atoms with E-state index in [0.717, 1.165) is 24.0 Å². The van der Waals surface area contributed by atoms with Crippen LogP contribution >= 0.6 is 0 Å². The van der Waals surface area contributed by atoms with Crippen molar-refractivity contribution in [3.8, 4) is 5.75 Å². The Morgan fingerprint density at radius 3 is 2.57 bits per heavy atom. The predicted molar refractivity (Wildman–Crippen MR) is 119 cm³/mol. The summed E-state index contributed by atoms with van der Waals surface area (Å²) in [7, 11) is 0. The van der Waals surface area contributed by atoms with Crippen molar-refractivity contribution in [2.45, 2.75) is 59.9 Å². The number of hydrogen-bond donors (Lipinski definition) is 2. The standard InChI is InChI=1S/C22H32N4O4/c1-6-8-11-26-20(23)19(21(28)24-22(26)29)25(7-2)18(27)13-30-17-12-15(5)9-10-16(17)14(3)4/h9-10,12,14H,6-8,11,13,23H2,1-5H3,(H,24,28,29). The summed E-state index contributed by atoms with van der Waals surface area (Å²) in [5.74, 6) is 0.459. The van der Waals surface area contributed by atoms with Gasteiger partial charge in [-0.1, -0.05) is 39.3 Å². The molecule has 2 rings (SSSR count). The molecular weight excluding hydrogens is 384 g/mol. The second kappa shape index (κ2) is 10.1. The van der Waals surface area contributed by atoms with E-state index >= 15 is 0 Å². The Morgan fingerprint density at radius 1 is 1.27 bits per heavy atom. The number of H-pyrrole nitrogens is 1. The summed E-state index contributed by atoms with van der Waals surface area (Å²) >= 11 is 0. The molecule has 1 amide bonds. The summed E-state index contributed by atoms with van der Waals surface area (Å²) in [4.78, 5) is 41.1. The van der Waals surface area contributed by atoms with Gasteiger partial charge in [-0.05, 0) is 43.4 Å². The molecule has 0 aliphatic carbocycles. The first-order chi connectivity index (χ1) is 14.2. The number of carbonyl (C=O) groups is 1. The fourth-order valence-corrected chi connectivity index (χ4v) is 3.30. The van der Waals surface area contributed by atoms with E-state index in [-0.39, 0.29) is 30.6 Å². The zero-order valence-corrected chi connectivity index (χ0v) is 18.4. The van der Waals surface area contributed by atoms with E-state index < -0.39 is 17.2 Å². The van der Waals surface area contributed by atoms with Crippen molar-refractivity contribution in [2.24, 2.45) is 0 Å². The van der Waals surface area contributed by atoms with Crippen LogP contribution in [0.4, 0.5) is 11.5 Å². The van der Waals surface area contributed by atoms with Crippen molar-refractivity contribution >= 4 is 17.4 Å². The lowest BCUT2D eigenvalue weighted by Crippen LogP contribution is -2.42. The van der Waals surface area contributed by atoms with Gasteiger partial charge in [-0.15, -0.1) is 0 Å². The summed E-state index contributed by atoms with van der Waals surface area (Å²) in [5, 5.41) is 0. The number of carbonyl (C=O) groups excluding carboxylic acids is 1. The van der Waals surface area contributed by atoms with Gasteiger partial charge in [0.15, 0.2) is 12.3 Å². The van der Waals surface area contributed by atoms with Crippen LogP contribution in [0.25, 0.3) is 0 Å². The van der Waals surface area contributed by atoms with Gasteiger partial charge < -0.3 is 15.4 Å². The number of aromatic nitrogens is 2. The van der Waals surface area contributed by atoms with Crippen LogP contribution in [0.2, 0.25) is 0 Å². The molecule has 0 spiro atoms. The number of amides is 1. The SMILES string of the molecule is CCCCn1c(N)c(N(CC)C(=O)COc2cc(C)ccc2C(C)C)c(=O)[nH]c1=O. The fourth-order valence-electron chi connectivity index (χ4n) is 3.30. The fraction of sp³-hybridized carbons (Fsp3) is 0.500. The minimum absolute atomic E-state index is 0.00850. The number of nitrogens with two attached hydrogens (primary N) is 1. The molecule has 8 heteroatoms. The molecule has 3 N–H and O–H groups in total. The number of anilines is 2. The number of aromatic amines is 1. The molecule has 8 nitrogen and oxygen atoms in total. The van der Waals surface area contributed by atoms with E-state index in [0.29, 0.717) is 12.3 Å². The van der Waals surface area contributed by atoms with E-state index in [9.17, 15) is 14.4 Å². The number of nitrogens with one attached hydrogen (secondary N) is 1. The summed E-state index contributed by atoms with van der Waals surface area (Å²) in [6.45, 7) is 10.1. The van der Waals surface area contributed by atoms with Crippen molar-refractivity contribution in [3.63, 3.8) is 0 Å². The zero-order valence-electron chi connectivity index (χ0n) is 18.4. The van der Waals surface area contributed by atoms with Gasteiger partial charge in [0.1, 0.15) is 11.6 Å². The second-order valence-corrected chi connectivity index (χ2v) is 7.62. The number of likely N-dealkylation sites (N-methyl/N-ethyl adjacent to an activating group) is 1. The Labute approximate surface area is 176 Å². The molecule has 0 aliphatic rings. The van der Waals surface area contributed by atoms with Gasteiger partial charge in [-0.3, -0.25) is 19.1 Å². The quantitative estimate of drug-likeness (QED) is 0.653. The molecule has 0 radical (unpaired) electrons. The summed E-state index contributed by atoms with van der Waals surface area (Å²) in [5.41, 5.74) is 6.89. The van der Waals surface area contributed by atoms with Crippen molar-refractivity contribution in [2.75, 3.05) is 23.8 Å². The molecule has 0 saturated carbocycles. The van der Waals surface area contributed by atoms with Gasteiger partial charge in [0.05, 0.1) is 0 Å². The molecule has 0 aliphatic heterocycles. The number of aryl methyl sites for hydroxylation is 1. The zero-order chi connectivity index (χ0) is 22.4. The van der Waals surface area contributed by atoms with Gasteiger partial charge in [0.2, 0.25) is 0 Å². The average Bonchev–Trinajstić information content (AvgIpc) is 2.68. The van der Waals surface area contributed by atoms with E-state index in [1.165, 1.54) is 9.47 Å². The Kier molecular flexibility index (Phi) is 7.86. The number of benzene rings is 1. The molecule has 164 valence electrons. The van der Waals surface area contributed by atoms with Gasteiger partial charge >= 0.3 is 5.69 Å². The Bertz CT molecular complexity index is 1010. The number of nitrogens with zero attached hydrogens (tertiary/aromatic N) is 2. The Hall–Kier alpha value is -3.03. The summed E-state index contributed by atoms with van der Waals surface area (Å²) < 4.78 is 7.13. The normalized spacial score (nSPS) is 11.0. The monoisotopic (exact) mass is 416 g/mol. The third-order valence-electron chi connectivity index (χ3n) is 4.98. The molecule has 1 aromatic carbocycles. The third kappa shape index (κ3) is 5.11. The first kappa shape index (κ1) is 23.3. The first-order valence-electron chi connectivity index (χ1n) is 10.4. The number of nitrogen functional groups attached to an aromatic ring is 1. The Morgan fingerprint density at radius 2 is 1.97 bits per heavy atom. The van der Waals surface area contributed by atoms with Crippen molar-refractivity contribution < 1.29 is 9.53 Å². The molecule has 1 aromatic heterocycles. The number of ether oxygens (including phenoxy) is 1. The molecule has 2 aromatic rings. The van der Waals surface area contributed by atoms with Gasteiger partial charge in [0, 0.05) is 13.1 Å². The van der Waals surface area contributed by atoms with Crippen molar-refractivity contribution in [1.29, 1.82) is 0 Å². The maximum Gasteiger partial charge on any atom is 0.330 e. The molecule has 0 unspecified atom stereocenters. The molecule has 0 fully saturated rings. The van der Waals surface area contributed by atoms with Gasteiger partial charge in [-0.2, -0.15) is 0 Å². The van der Waals surface area contributed by atoms with E-state index in [2.05, 4.69) is 18.8 Å². The smallest absolute Gasteiger partial charge is 0.330 e. The van der Waals surface area contributed by atoms with Crippen LogP contribution in [0.5, 0.6) is 5.75 Å². The lowest BCUT2D eigenvalue weighted by atomic mass is 10.0. The highest BCUT2D eigenvalue weighted by Gasteiger charge is 2.23. The summed E-state index contributed by atoms with van der Waals surface area (Å²) in [6.07, 6.45) is 1.59. The van der Waals surface area contributed by atoms with Crippen LogP contribution in [-0.4, -0.2) is 28.6 Å². The van der Waals surface area contributed by atoms with Crippen LogP contribution in [-0.2, 0) is 11.3 Å². The minimum atomic E-state index is -0.682. The highest BCUT2D eigenvalue weighted by atomic mass is 16.5. The Balaban J connectivity index is 2.33. The number of rotatable bonds is 9. The van der Waals surface area contributed by atoms with Crippen LogP contribution in [0.1, 0.15) is 57.6 Å². The van der Waals surface area contributed by atoms with Crippen LogP contribution in [0.3, 0.4) is 0 Å². The minimum Gasteiger partial charge on any atom is -0.483 e. The number of hydrogen-bond acceptors (Lipinski definition) is 5. The van der Waals surface area contributed by atoms with Crippen molar-refractivity contribution in [1.82, 2.24) is 9.55 Å². The van der Waals surface area contributed by atoms with Crippen LogP contribution in [0.15, 0.2) is 27.8 Å². The van der Waals surface area contributed by atoms with Gasteiger partial charge in [0.25, 0.3) is 11.5 Å². The molecule has 0 atom stereocenters. The van der Waals surface area contributed by atoms with Gasteiger partial charge in [-0.25, -0.2) is 4.79 Å². The van der Waals surface area contributed by atoms with Crippen molar-refractivity contribution in [3.05, 3.63) is 50.2 Å². The number of unbranched alkanes of at least 4 members (excludes halogenated alkanes) is 1. The topological polar surface area (TPSA) is 110 Å². The molecule has 0 bridgehead atoms. The maximum absolute atomic E-state index is 12.9. The lowest BCUT2D eigenvalue weighted by molar-refractivity contribution is -0.120. The lowest BCUT2D eigenvalue weighted by Gasteiger charge is -2.23. The summed E-state index contributed by atoms with van der Waals surface area (Å²) in [6, 6.07) is 5.89. The molecule has 30 heavy (non-hydrogen) atoms. The first-order valence-corrected chi connectivity index (χ1v) is 10.4. The highest BCUT2D eigenvalue weighted by molar-refractivity contribution is 5.96.